The first-order valence-corrected chi connectivity index (χ1v) is 28.0. The standard InChI is InChI=1S/C54H101N2O7P/c1-7-10-13-16-19-22-25-27-29-32-35-38-41-44-47-54(58)63-52(45-42-39-36-33-30-24-21-18-15-12-9-3)51(50-62-64(59,60)61-49-48-56(4,5)6)55-53(57)46-43-40-37-34-31-28-26-23-20-17-14-11-8-2/h28-29,31-32,37,40,42,45,51-52H,7-27,30,33-36,38-39,41,43-44,46-50H2,1-6H3,(H-,55,57,59,60)/p+1/b31-28-,32-29-,40-37+,45-42+. The Morgan fingerprint density at radius 3 is 1.45 bits per heavy atom. The predicted molar refractivity (Wildman–Crippen MR) is 272 cm³/mol. The van der Waals surface area contributed by atoms with Crippen LogP contribution in [0.1, 0.15) is 233 Å². The lowest BCUT2D eigenvalue weighted by atomic mass is 10.1. The fourth-order valence-electron chi connectivity index (χ4n) is 7.34. The second-order valence-corrected chi connectivity index (χ2v) is 20.5. The average molecular weight is 922 g/mol. The van der Waals surface area contributed by atoms with Crippen LogP contribution in [0.2, 0.25) is 0 Å². The van der Waals surface area contributed by atoms with Crippen molar-refractivity contribution in [2.75, 3.05) is 40.9 Å². The number of hydrogen-bond donors (Lipinski definition) is 2. The van der Waals surface area contributed by atoms with Crippen LogP contribution >= 0.6 is 7.82 Å². The van der Waals surface area contributed by atoms with E-state index >= 15 is 0 Å². The molecule has 2 N–H and O–H groups in total. The molecule has 3 unspecified atom stereocenters. The molecule has 64 heavy (non-hydrogen) atoms. The third-order valence-electron chi connectivity index (χ3n) is 11.5. The molecular formula is C54H102N2O7P+. The van der Waals surface area contributed by atoms with Gasteiger partial charge in [-0.15, -0.1) is 0 Å². The zero-order valence-electron chi connectivity index (χ0n) is 42.5. The van der Waals surface area contributed by atoms with Crippen LogP contribution in [0.5, 0.6) is 0 Å². The van der Waals surface area contributed by atoms with E-state index in [0.717, 1.165) is 57.8 Å². The molecule has 0 spiro atoms. The van der Waals surface area contributed by atoms with E-state index in [9.17, 15) is 19.0 Å². The molecule has 0 aliphatic heterocycles. The number of nitrogens with one attached hydrogen (secondary N) is 1. The maximum Gasteiger partial charge on any atom is 0.472 e. The van der Waals surface area contributed by atoms with Gasteiger partial charge in [0.2, 0.25) is 5.91 Å². The number of carbonyl (C=O) groups excluding carboxylic acids is 2. The first-order valence-electron chi connectivity index (χ1n) is 26.5. The SMILES string of the molecule is CCCCCCCC/C=C\C/C=C/CCC(=O)NC(COP(=O)(O)OCC[N+](C)(C)C)C(/C=C/CCCCCCCCCCC)OC(=O)CCCCC/C=C\CCCCCCCCC. The summed E-state index contributed by atoms with van der Waals surface area (Å²) in [6, 6.07) is -0.881. The molecule has 0 saturated heterocycles. The molecule has 1 amide bonds. The van der Waals surface area contributed by atoms with E-state index in [1.54, 1.807) is 0 Å². The van der Waals surface area contributed by atoms with Gasteiger partial charge in [-0.1, -0.05) is 192 Å². The number of quaternary nitrogens is 1. The highest BCUT2D eigenvalue weighted by Gasteiger charge is 2.30. The number of unbranched alkanes of at least 4 members (excludes halogenated alkanes) is 25. The Balaban J connectivity index is 5.50. The quantitative estimate of drug-likeness (QED) is 0.0206. The zero-order valence-corrected chi connectivity index (χ0v) is 43.4. The van der Waals surface area contributed by atoms with E-state index in [2.05, 4.69) is 56.5 Å². The Hall–Kier alpha value is -2.03. The second kappa shape index (κ2) is 44.8. The van der Waals surface area contributed by atoms with E-state index in [4.69, 9.17) is 13.8 Å². The smallest absolute Gasteiger partial charge is 0.456 e. The van der Waals surface area contributed by atoms with Crippen molar-refractivity contribution < 1.29 is 37.3 Å². The van der Waals surface area contributed by atoms with Gasteiger partial charge in [0.1, 0.15) is 19.3 Å². The second-order valence-electron chi connectivity index (χ2n) is 19.0. The number of phosphoric ester groups is 1. The van der Waals surface area contributed by atoms with Crippen LogP contribution in [0.3, 0.4) is 0 Å². The van der Waals surface area contributed by atoms with Gasteiger partial charge in [-0.05, 0) is 76.7 Å². The van der Waals surface area contributed by atoms with Crippen molar-refractivity contribution >= 4 is 19.7 Å². The summed E-state index contributed by atoms with van der Waals surface area (Å²) >= 11 is 0. The van der Waals surface area contributed by atoms with Crippen LogP contribution in [-0.4, -0.2) is 74.3 Å². The van der Waals surface area contributed by atoms with Crippen LogP contribution in [0.15, 0.2) is 48.6 Å². The largest absolute Gasteiger partial charge is 0.472 e. The van der Waals surface area contributed by atoms with Crippen LogP contribution in [0.4, 0.5) is 0 Å². The lowest BCUT2D eigenvalue weighted by Gasteiger charge is -2.27. The molecule has 0 saturated carbocycles. The molecule has 0 radical (unpaired) electrons. The molecule has 0 heterocycles. The zero-order chi connectivity index (χ0) is 47.3. The number of esters is 1. The van der Waals surface area contributed by atoms with E-state index in [-0.39, 0.29) is 37.9 Å². The van der Waals surface area contributed by atoms with Gasteiger partial charge in [-0.2, -0.15) is 0 Å². The molecule has 10 heteroatoms. The molecule has 0 aromatic heterocycles. The summed E-state index contributed by atoms with van der Waals surface area (Å²) in [5.74, 6) is -0.602. The highest BCUT2D eigenvalue weighted by molar-refractivity contribution is 7.47. The van der Waals surface area contributed by atoms with Crippen LogP contribution in [0, 0.1) is 0 Å². The Labute approximate surface area is 395 Å². The van der Waals surface area contributed by atoms with Crippen molar-refractivity contribution in [3.63, 3.8) is 0 Å². The average Bonchev–Trinajstić information content (AvgIpc) is 3.25. The van der Waals surface area contributed by atoms with Gasteiger partial charge < -0.3 is 19.4 Å². The monoisotopic (exact) mass is 922 g/mol. The first kappa shape index (κ1) is 62.0. The minimum absolute atomic E-state index is 0.0287. The van der Waals surface area contributed by atoms with Crippen LogP contribution in [0.25, 0.3) is 0 Å². The number of likely N-dealkylation sites (N-methyl/N-ethyl adjacent to an activating group) is 1. The molecule has 0 aromatic rings. The van der Waals surface area contributed by atoms with Gasteiger partial charge in [0.05, 0.1) is 33.8 Å². The van der Waals surface area contributed by atoms with Crippen molar-refractivity contribution in [3.05, 3.63) is 48.6 Å². The number of hydrogen-bond acceptors (Lipinski definition) is 6. The van der Waals surface area contributed by atoms with Gasteiger partial charge in [-0.3, -0.25) is 18.6 Å². The molecule has 0 aromatic carbocycles. The van der Waals surface area contributed by atoms with E-state index in [1.165, 1.54) is 128 Å². The highest BCUT2D eigenvalue weighted by Crippen LogP contribution is 2.43. The molecule has 3 atom stereocenters. The Morgan fingerprint density at radius 1 is 0.547 bits per heavy atom. The summed E-state index contributed by atoms with van der Waals surface area (Å²) < 4.78 is 30.4. The summed E-state index contributed by atoms with van der Waals surface area (Å²) in [4.78, 5) is 37.3. The van der Waals surface area contributed by atoms with Crippen molar-refractivity contribution in [1.29, 1.82) is 0 Å². The molecule has 0 fully saturated rings. The topological polar surface area (TPSA) is 111 Å². The molecule has 0 aliphatic carbocycles. The summed E-state index contributed by atoms with van der Waals surface area (Å²) in [5, 5.41) is 2.99. The van der Waals surface area contributed by atoms with E-state index in [1.807, 2.05) is 39.4 Å². The highest BCUT2D eigenvalue weighted by atomic mass is 31.2. The predicted octanol–water partition coefficient (Wildman–Crippen LogP) is 15.4. The van der Waals surface area contributed by atoms with Crippen molar-refractivity contribution in [3.8, 4) is 0 Å². The van der Waals surface area contributed by atoms with Crippen LogP contribution in [-0.2, 0) is 27.9 Å². The lowest BCUT2D eigenvalue weighted by molar-refractivity contribution is -0.870. The van der Waals surface area contributed by atoms with Crippen molar-refractivity contribution in [2.45, 2.75) is 245 Å². The third kappa shape index (κ3) is 45.1. The van der Waals surface area contributed by atoms with Gasteiger partial charge in [0, 0.05) is 12.8 Å². The molecule has 374 valence electrons. The number of rotatable bonds is 47. The summed E-state index contributed by atoms with van der Waals surface area (Å²) in [5.41, 5.74) is 0. The minimum atomic E-state index is -4.45. The number of nitrogens with zero attached hydrogens (tertiary/aromatic N) is 1. The van der Waals surface area contributed by atoms with E-state index in [0.29, 0.717) is 23.9 Å². The van der Waals surface area contributed by atoms with E-state index < -0.39 is 20.0 Å². The number of phosphoric acid groups is 1. The summed E-state index contributed by atoms with van der Waals surface area (Å²) in [6.07, 6.45) is 52.7. The normalized spacial score (nSPS) is 14.3. The fraction of sp³-hybridized carbons (Fsp3) is 0.815. The minimum Gasteiger partial charge on any atom is -0.456 e. The third-order valence-corrected chi connectivity index (χ3v) is 12.5. The Morgan fingerprint density at radius 2 is 0.969 bits per heavy atom. The van der Waals surface area contributed by atoms with Gasteiger partial charge >= 0.3 is 13.8 Å². The molecule has 0 bridgehead atoms. The number of allylic oxidation sites excluding steroid dienone is 7. The summed E-state index contributed by atoms with van der Waals surface area (Å²) in [6.45, 7) is 6.92. The molecule has 0 aliphatic rings. The first-order chi connectivity index (χ1) is 30.9. The maximum atomic E-state index is 13.4. The molecule has 9 nitrogen and oxygen atoms in total. The summed E-state index contributed by atoms with van der Waals surface area (Å²) in [7, 11) is 1.46. The van der Waals surface area contributed by atoms with Gasteiger partial charge in [0.25, 0.3) is 0 Å². The van der Waals surface area contributed by atoms with Crippen LogP contribution < -0.4 is 5.32 Å². The van der Waals surface area contributed by atoms with Crippen molar-refractivity contribution in [1.82, 2.24) is 5.32 Å². The van der Waals surface area contributed by atoms with Gasteiger partial charge in [-0.25, -0.2) is 4.57 Å². The fourth-order valence-corrected chi connectivity index (χ4v) is 8.07. The van der Waals surface area contributed by atoms with Crippen molar-refractivity contribution in [2.24, 2.45) is 0 Å². The number of ether oxygens (including phenoxy) is 1. The Kier molecular flexibility index (Phi) is 43.4. The molecule has 0 rings (SSSR count). The Bertz CT molecular complexity index is 1240. The maximum absolute atomic E-state index is 13.4. The number of carbonyl (C=O) groups is 2. The number of amides is 1. The lowest BCUT2D eigenvalue weighted by Crippen LogP contribution is -2.47. The van der Waals surface area contributed by atoms with Gasteiger partial charge in [0.15, 0.2) is 0 Å². The molecular weight excluding hydrogens is 820 g/mol.